The van der Waals surface area contributed by atoms with Crippen LogP contribution in [0.15, 0.2) is 35.7 Å². The third-order valence-electron chi connectivity index (χ3n) is 13.9. The largest absolute Gasteiger partial charge is 0.524 e. The van der Waals surface area contributed by atoms with Gasteiger partial charge in [0.25, 0.3) is 11.8 Å². The Bertz CT molecular complexity index is 2410. The van der Waals surface area contributed by atoms with Gasteiger partial charge in [-0.1, -0.05) is 53.5 Å². The number of ketones is 2. The fourth-order valence-corrected chi connectivity index (χ4v) is 10.7. The molecule has 77 heavy (non-hydrogen) atoms. The van der Waals surface area contributed by atoms with Crippen molar-refractivity contribution in [2.75, 3.05) is 72.1 Å². The molecular weight excluding hydrogens is 1040 g/mol. The van der Waals surface area contributed by atoms with Crippen LogP contribution in [0.1, 0.15) is 126 Å². The molecule has 3 heterocycles. The molecule has 1 fully saturated rings. The third-order valence-corrected chi connectivity index (χ3v) is 15.3. The standard InChI is InChI=1S/C53H78N5O17PS/c1-9-34(4)39(30-45(61)42-12-10-11-18-56(42)7)52(65)57(8)43(33(2)3)31-47(74-36(6)59)51-55-41(32-77-51)44(60)29-38(26-35(5)53(66)67)27-37-13-14-46(75-76(68,69)70)40(28-37)54-48(62)17-20-71-22-24-73-25-23-72-21-19-58-49(63)15-16-50(58)64/h13-16,28,32-35,38-39,42-43,47H,9-12,17-27,29-31H2,1-8H3,(H,54,62)(H,66,67)(H2,68,69,70)/t34-,35?,38+,39?,42+,43+,47+/m0/s1. The first kappa shape index (κ1) is 64.3. The number of aromatic nitrogens is 1. The molecule has 24 heteroatoms. The van der Waals surface area contributed by atoms with E-state index in [1.54, 1.807) is 17.3 Å². The topological polar surface area (TPSA) is 295 Å². The molecule has 4 amide bonds. The number of Topliss-reactive ketones (excluding diaryl/α,β-unsaturated/α-hetero) is 2. The number of thiazole rings is 1. The number of imide groups is 1. The molecule has 4 rings (SSSR count). The number of likely N-dealkylation sites (N-methyl/N-ethyl adjacent to an activating group) is 1. The number of benzene rings is 1. The minimum atomic E-state index is -5.10. The minimum Gasteiger partial charge on any atom is -0.481 e. The maximum Gasteiger partial charge on any atom is 0.524 e. The first-order valence-electron chi connectivity index (χ1n) is 26.2. The predicted octanol–water partition coefficient (Wildman–Crippen LogP) is 6.04. The summed E-state index contributed by atoms with van der Waals surface area (Å²) in [6.07, 6.45) is 4.96. The number of esters is 1. The quantitative estimate of drug-likeness (QED) is 0.0201. The van der Waals surface area contributed by atoms with E-state index in [4.69, 9.17) is 23.5 Å². The van der Waals surface area contributed by atoms with Crippen LogP contribution >= 0.6 is 19.2 Å². The summed E-state index contributed by atoms with van der Waals surface area (Å²) < 4.78 is 39.0. The van der Waals surface area contributed by atoms with Crippen LogP contribution in [-0.2, 0) is 63.5 Å². The highest BCUT2D eigenvalue weighted by Crippen LogP contribution is 2.42. The van der Waals surface area contributed by atoms with Crippen molar-refractivity contribution < 1.29 is 81.3 Å². The number of phosphoric ester groups is 1. The molecule has 0 saturated carbocycles. The number of carboxylic acids is 1. The van der Waals surface area contributed by atoms with E-state index in [1.807, 2.05) is 34.7 Å². The predicted molar refractivity (Wildman–Crippen MR) is 284 cm³/mol. The van der Waals surface area contributed by atoms with Gasteiger partial charge in [0, 0.05) is 62.7 Å². The van der Waals surface area contributed by atoms with Crippen molar-refractivity contribution in [2.45, 2.75) is 124 Å². The summed E-state index contributed by atoms with van der Waals surface area (Å²) in [5, 5.41) is 14.3. The first-order chi connectivity index (χ1) is 36.4. The van der Waals surface area contributed by atoms with E-state index in [2.05, 4.69) is 15.2 Å². The molecule has 4 N–H and O–H groups in total. The average Bonchev–Trinajstić information content (AvgIpc) is 3.99. The molecule has 1 aromatic heterocycles. The van der Waals surface area contributed by atoms with Gasteiger partial charge < -0.3 is 38.8 Å². The molecule has 2 unspecified atom stereocenters. The molecule has 0 aliphatic carbocycles. The molecule has 428 valence electrons. The molecule has 2 aromatic rings. The van der Waals surface area contributed by atoms with Crippen LogP contribution in [0.3, 0.4) is 0 Å². The van der Waals surface area contributed by atoms with E-state index >= 15 is 0 Å². The first-order valence-corrected chi connectivity index (χ1v) is 28.6. The van der Waals surface area contributed by atoms with E-state index in [0.717, 1.165) is 42.0 Å². The third kappa shape index (κ3) is 21.1. The fraction of sp³-hybridized carbons (Fsp3) is 0.642. The smallest absolute Gasteiger partial charge is 0.481 e. The van der Waals surface area contributed by atoms with Crippen molar-refractivity contribution in [2.24, 2.45) is 29.6 Å². The number of phosphoric acid groups is 1. The fourth-order valence-electron chi connectivity index (χ4n) is 9.41. The Morgan fingerprint density at radius 3 is 2.17 bits per heavy atom. The molecule has 7 atom stereocenters. The summed E-state index contributed by atoms with van der Waals surface area (Å²) in [5.74, 6) is -6.18. The Labute approximate surface area is 454 Å². The highest BCUT2D eigenvalue weighted by molar-refractivity contribution is 7.46. The van der Waals surface area contributed by atoms with Gasteiger partial charge in [0.1, 0.15) is 10.7 Å². The van der Waals surface area contributed by atoms with E-state index < -0.39 is 73.2 Å². The number of likely N-dealkylation sites (tertiary alicyclic amines) is 1. The number of ether oxygens (including phenoxy) is 4. The number of piperidine rings is 1. The number of aliphatic carboxylic acids is 1. The van der Waals surface area contributed by atoms with Gasteiger partial charge >= 0.3 is 19.8 Å². The molecule has 0 bridgehead atoms. The molecule has 0 spiro atoms. The van der Waals surface area contributed by atoms with Gasteiger partial charge in [-0.15, -0.1) is 11.3 Å². The van der Waals surface area contributed by atoms with E-state index in [1.165, 1.54) is 44.2 Å². The molecule has 1 aromatic carbocycles. The minimum absolute atomic E-state index is 0.0428. The summed E-state index contributed by atoms with van der Waals surface area (Å²) in [5.41, 5.74) is 0.453. The SMILES string of the molecule is CC[C@H](C)C(CC(=O)[C@H]1CCCCN1C)C(=O)N(C)[C@H](C[C@@H](OC(C)=O)c1nc(C(=O)C[C@@H](Cc2ccc(OP(=O)(O)O)c(NC(=O)CCOCCOCCOCCN3C(=O)C=CC3=O)c2)CC(C)C(=O)O)cs1)C(C)C. The van der Waals surface area contributed by atoms with Gasteiger partial charge in [-0.05, 0) is 74.7 Å². The lowest BCUT2D eigenvalue weighted by Crippen LogP contribution is -2.48. The number of amides is 4. The number of hydrogen-bond donors (Lipinski definition) is 4. The Morgan fingerprint density at radius 1 is 0.922 bits per heavy atom. The van der Waals surface area contributed by atoms with Gasteiger partial charge in [-0.3, -0.25) is 57.9 Å². The lowest BCUT2D eigenvalue weighted by atomic mass is 9.83. The van der Waals surface area contributed by atoms with Crippen molar-refractivity contribution in [3.05, 3.63) is 52.0 Å². The molecule has 1 saturated heterocycles. The number of hydrogen-bond acceptors (Lipinski definition) is 17. The Morgan fingerprint density at radius 2 is 1.57 bits per heavy atom. The van der Waals surface area contributed by atoms with Crippen LogP contribution in [-0.4, -0.2) is 161 Å². The van der Waals surface area contributed by atoms with Gasteiger partial charge in [0.15, 0.2) is 23.4 Å². The molecule has 22 nitrogen and oxygen atoms in total. The zero-order valence-corrected chi connectivity index (χ0v) is 47.2. The Kier molecular flexibility index (Phi) is 26.2. The number of carboxylic acid groups (broad SMARTS) is 1. The van der Waals surface area contributed by atoms with Crippen LogP contribution in [0.4, 0.5) is 5.69 Å². The van der Waals surface area contributed by atoms with Gasteiger partial charge in [0.05, 0.1) is 70.3 Å². The summed E-state index contributed by atoms with van der Waals surface area (Å²) >= 11 is 1.11. The van der Waals surface area contributed by atoms with Gasteiger partial charge in [-0.25, -0.2) is 9.55 Å². The average molecular weight is 1120 g/mol. The number of carbonyl (C=O) groups is 8. The number of nitrogens with zero attached hydrogens (tertiary/aromatic N) is 4. The van der Waals surface area contributed by atoms with Crippen LogP contribution < -0.4 is 9.84 Å². The maximum absolute atomic E-state index is 14.4. The second-order valence-corrected chi connectivity index (χ2v) is 22.3. The van der Waals surface area contributed by atoms with Crippen molar-refractivity contribution in [3.63, 3.8) is 0 Å². The van der Waals surface area contributed by atoms with Crippen LogP contribution in [0.25, 0.3) is 0 Å². The molecule has 0 radical (unpaired) electrons. The Hall–Kier alpha value is -5.26. The molecule has 2 aliphatic heterocycles. The second kappa shape index (κ2) is 31.4. The van der Waals surface area contributed by atoms with Crippen LogP contribution in [0.5, 0.6) is 5.75 Å². The summed E-state index contributed by atoms with van der Waals surface area (Å²) in [6, 6.07) is 3.48. The number of rotatable bonds is 35. The zero-order valence-electron chi connectivity index (χ0n) is 45.5. The number of carbonyl (C=O) groups excluding carboxylic acids is 7. The van der Waals surface area contributed by atoms with E-state index in [9.17, 15) is 57.8 Å². The molecule has 2 aliphatic rings. The normalized spacial score (nSPS) is 17.4. The molecular formula is C53H78N5O17PS. The zero-order chi connectivity index (χ0) is 57.0. The summed E-state index contributed by atoms with van der Waals surface area (Å²) in [4.78, 5) is 132. The van der Waals surface area contributed by atoms with E-state index in [0.29, 0.717) is 17.0 Å². The van der Waals surface area contributed by atoms with Crippen molar-refractivity contribution >= 4 is 72.0 Å². The van der Waals surface area contributed by atoms with Gasteiger partial charge in [0.2, 0.25) is 11.8 Å². The van der Waals surface area contributed by atoms with Gasteiger partial charge in [-0.2, -0.15) is 0 Å². The van der Waals surface area contributed by atoms with Crippen LogP contribution in [0, 0.1) is 29.6 Å². The highest BCUT2D eigenvalue weighted by Gasteiger charge is 2.38. The van der Waals surface area contributed by atoms with Crippen LogP contribution in [0.2, 0.25) is 0 Å². The summed E-state index contributed by atoms with van der Waals surface area (Å²) in [6.45, 7) is 12.4. The highest BCUT2D eigenvalue weighted by atomic mass is 32.1. The number of nitrogens with one attached hydrogen (secondary N) is 1. The van der Waals surface area contributed by atoms with Crippen molar-refractivity contribution in [1.82, 2.24) is 19.7 Å². The summed E-state index contributed by atoms with van der Waals surface area (Å²) in [7, 11) is -1.44. The Balaban J connectivity index is 1.42. The maximum atomic E-state index is 14.4. The lowest BCUT2D eigenvalue weighted by Gasteiger charge is -2.37. The second-order valence-electron chi connectivity index (χ2n) is 20.2. The van der Waals surface area contributed by atoms with E-state index in [-0.39, 0.29) is 131 Å². The number of anilines is 1. The monoisotopic (exact) mass is 1120 g/mol. The lowest BCUT2D eigenvalue weighted by molar-refractivity contribution is -0.150. The van der Waals surface area contributed by atoms with Crippen molar-refractivity contribution in [1.29, 1.82) is 0 Å². The van der Waals surface area contributed by atoms with Crippen molar-refractivity contribution in [3.8, 4) is 5.75 Å².